The first kappa shape index (κ1) is 21.3. The summed E-state index contributed by atoms with van der Waals surface area (Å²) in [6, 6.07) is 2.94. The maximum atomic E-state index is 12.7. The molecule has 7 heteroatoms. The maximum Gasteiger partial charge on any atom is 0.223 e. The van der Waals surface area contributed by atoms with Crippen LogP contribution in [-0.2, 0) is 27.4 Å². The Bertz CT molecular complexity index is 600. The number of H-pyrrole nitrogens is 1. The molecule has 2 aliphatic carbocycles. The van der Waals surface area contributed by atoms with Crippen LogP contribution in [0.5, 0.6) is 0 Å². The van der Waals surface area contributed by atoms with E-state index >= 15 is 0 Å². The molecule has 7 nitrogen and oxygen atoms in total. The topological polar surface area (TPSA) is 88.3 Å². The second kappa shape index (κ2) is 10.9. The first-order valence-electron chi connectivity index (χ1n) is 10.9. The van der Waals surface area contributed by atoms with Crippen molar-refractivity contribution in [3.8, 4) is 0 Å². The van der Waals surface area contributed by atoms with Crippen LogP contribution in [0, 0.1) is 5.92 Å². The van der Waals surface area contributed by atoms with Crippen LogP contribution >= 0.6 is 0 Å². The van der Waals surface area contributed by atoms with Crippen molar-refractivity contribution in [2.24, 2.45) is 5.92 Å². The van der Waals surface area contributed by atoms with Crippen LogP contribution in [0.4, 0.5) is 0 Å². The van der Waals surface area contributed by atoms with Gasteiger partial charge in [0.1, 0.15) is 0 Å². The number of carbonyl (C=O) groups excluding carboxylic acids is 1. The lowest BCUT2D eigenvalue weighted by Gasteiger charge is -2.37. The normalized spacial score (nSPS) is 25.9. The van der Waals surface area contributed by atoms with Crippen molar-refractivity contribution >= 4 is 5.91 Å². The van der Waals surface area contributed by atoms with Crippen LogP contribution in [-0.4, -0.2) is 48.0 Å². The molecule has 3 atom stereocenters. The summed E-state index contributed by atoms with van der Waals surface area (Å²) < 4.78 is 11.2. The van der Waals surface area contributed by atoms with Crippen molar-refractivity contribution in [1.82, 2.24) is 20.8 Å². The Hall–Kier alpha value is -1.44. The molecule has 2 saturated carbocycles. The van der Waals surface area contributed by atoms with Crippen LogP contribution in [0.25, 0.3) is 0 Å². The van der Waals surface area contributed by atoms with Gasteiger partial charge in [0.2, 0.25) is 5.91 Å². The summed E-state index contributed by atoms with van der Waals surface area (Å²) in [5.41, 5.74) is 1.74. The van der Waals surface area contributed by atoms with Gasteiger partial charge in [-0.05, 0) is 44.6 Å². The number of rotatable bonds is 10. The largest absolute Gasteiger partial charge is 0.378 e. The van der Waals surface area contributed by atoms with E-state index in [1.165, 1.54) is 25.7 Å². The number of methoxy groups -OCH3 is 1. The molecule has 0 bridgehead atoms. The van der Waals surface area contributed by atoms with Crippen LogP contribution in [0.15, 0.2) is 6.07 Å². The smallest absolute Gasteiger partial charge is 0.223 e. The number of ether oxygens (including phenoxy) is 2. The molecule has 1 aromatic heterocycles. The molecule has 3 rings (SSSR count). The van der Waals surface area contributed by atoms with Crippen molar-refractivity contribution in [3.05, 3.63) is 17.5 Å². The van der Waals surface area contributed by atoms with Gasteiger partial charge in [0.25, 0.3) is 0 Å². The Labute approximate surface area is 168 Å². The average Bonchev–Trinajstić information content (AvgIpc) is 3.37. The first-order valence-corrected chi connectivity index (χ1v) is 10.9. The number of aromatic nitrogens is 2. The third-order valence-electron chi connectivity index (χ3n) is 5.93. The molecule has 0 aromatic carbocycles. The maximum absolute atomic E-state index is 12.7. The summed E-state index contributed by atoms with van der Waals surface area (Å²) in [6.07, 6.45) is 9.06. The van der Waals surface area contributed by atoms with E-state index in [-0.39, 0.29) is 17.9 Å². The molecular weight excluding hydrogens is 356 g/mol. The molecule has 2 fully saturated rings. The number of amides is 1. The zero-order chi connectivity index (χ0) is 19.8. The highest BCUT2D eigenvalue weighted by Gasteiger charge is 2.35. The number of aromatic amines is 1. The van der Waals surface area contributed by atoms with Gasteiger partial charge in [0.05, 0.1) is 30.6 Å². The van der Waals surface area contributed by atoms with Crippen LogP contribution < -0.4 is 10.6 Å². The van der Waals surface area contributed by atoms with Crippen molar-refractivity contribution in [2.45, 2.75) is 89.6 Å². The Kier molecular flexibility index (Phi) is 8.30. The van der Waals surface area contributed by atoms with Crippen molar-refractivity contribution in [2.75, 3.05) is 13.7 Å². The molecular formula is C21H36N4O3. The minimum atomic E-state index is 0.0184. The molecule has 2 aliphatic rings. The van der Waals surface area contributed by atoms with Gasteiger partial charge in [0, 0.05) is 31.7 Å². The minimum absolute atomic E-state index is 0.0184. The predicted molar refractivity (Wildman–Crippen MR) is 108 cm³/mol. The van der Waals surface area contributed by atoms with Gasteiger partial charge in [0.15, 0.2) is 0 Å². The van der Waals surface area contributed by atoms with Gasteiger partial charge in [-0.3, -0.25) is 9.89 Å². The lowest BCUT2D eigenvalue weighted by atomic mass is 9.82. The van der Waals surface area contributed by atoms with Crippen LogP contribution in [0.1, 0.15) is 69.7 Å². The Morgan fingerprint density at radius 2 is 2.11 bits per heavy atom. The second-order valence-corrected chi connectivity index (χ2v) is 8.21. The molecule has 1 amide bonds. The van der Waals surface area contributed by atoms with E-state index in [4.69, 9.17) is 9.47 Å². The molecule has 0 aliphatic heterocycles. The highest BCUT2D eigenvalue weighted by atomic mass is 16.5. The number of nitrogens with zero attached hydrogens (tertiary/aromatic N) is 1. The summed E-state index contributed by atoms with van der Waals surface area (Å²) in [7, 11) is 1.64. The van der Waals surface area contributed by atoms with Gasteiger partial charge in [-0.15, -0.1) is 0 Å². The molecule has 0 saturated heterocycles. The Morgan fingerprint density at radius 3 is 2.86 bits per heavy atom. The Morgan fingerprint density at radius 1 is 1.29 bits per heavy atom. The van der Waals surface area contributed by atoms with E-state index in [9.17, 15) is 4.79 Å². The molecule has 1 heterocycles. The van der Waals surface area contributed by atoms with E-state index in [1.807, 2.05) is 6.07 Å². The van der Waals surface area contributed by atoms with E-state index < -0.39 is 0 Å². The molecule has 1 aromatic rings. The Balaban J connectivity index is 1.49. The second-order valence-electron chi connectivity index (χ2n) is 8.21. The molecule has 0 spiro atoms. The van der Waals surface area contributed by atoms with E-state index in [1.54, 1.807) is 7.11 Å². The lowest BCUT2D eigenvalue weighted by Crippen LogP contribution is -2.50. The highest BCUT2D eigenvalue weighted by molar-refractivity contribution is 5.78. The highest BCUT2D eigenvalue weighted by Crippen LogP contribution is 2.29. The van der Waals surface area contributed by atoms with E-state index in [2.05, 4.69) is 27.8 Å². The van der Waals surface area contributed by atoms with E-state index in [0.717, 1.165) is 43.7 Å². The predicted octanol–water partition coefficient (Wildman–Crippen LogP) is 2.67. The lowest BCUT2D eigenvalue weighted by molar-refractivity contribution is -0.128. The summed E-state index contributed by atoms with van der Waals surface area (Å²) in [6.45, 7) is 3.84. The molecule has 158 valence electrons. The summed E-state index contributed by atoms with van der Waals surface area (Å²) in [5, 5.41) is 14.0. The summed E-state index contributed by atoms with van der Waals surface area (Å²) in [4.78, 5) is 12.7. The van der Waals surface area contributed by atoms with Crippen LogP contribution in [0.3, 0.4) is 0 Å². The zero-order valence-corrected chi connectivity index (χ0v) is 17.3. The first-order chi connectivity index (χ1) is 13.7. The molecule has 28 heavy (non-hydrogen) atoms. The third-order valence-corrected chi connectivity index (χ3v) is 5.93. The van der Waals surface area contributed by atoms with Crippen LogP contribution in [0.2, 0.25) is 0 Å². The summed E-state index contributed by atoms with van der Waals surface area (Å²) in [5.74, 6) is 0.136. The number of carbonyl (C=O) groups is 1. The number of nitrogens with one attached hydrogen (secondary N) is 3. The fourth-order valence-corrected chi connectivity index (χ4v) is 4.45. The van der Waals surface area contributed by atoms with Crippen molar-refractivity contribution in [1.29, 1.82) is 0 Å². The van der Waals surface area contributed by atoms with Gasteiger partial charge in [-0.25, -0.2) is 0 Å². The van der Waals surface area contributed by atoms with Gasteiger partial charge >= 0.3 is 0 Å². The monoisotopic (exact) mass is 392 g/mol. The standard InChI is InChI=1S/C21H36N4O3/c1-3-10-28-20-11-15(8-9-19(20)23-16-6-4-5-7-16)21(26)22-13-17-12-18(14-27-2)25-24-17/h12,15-16,19-20,23H,3-11,13-14H2,1-2H3,(H,22,26)(H,24,25)/t15-,19-,20-/m0/s1. The molecule has 0 unspecified atom stereocenters. The minimum Gasteiger partial charge on any atom is -0.378 e. The molecule has 0 radical (unpaired) electrons. The SMILES string of the molecule is CCCO[C@H]1C[C@@H](C(=O)NCc2cc(COC)n[nH]2)CC[C@@H]1NC1CCCC1. The average molecular weight is 393 g/mol. The number of hydrogen-bond acceptors (Lipinski definition) is 5. The van der Waals surface area contributed by atoms with Gasteiger partial charge < -0.3 is 20.1 Å². The fraction of sp³-hybridized carbons (Fsp3) is 0.810. The third kappa shape index (κ3) is 6.03. The zero-order valence-electron chi connectivity index (χ0n) is 17.3. The van der Waals surface area contributed by atoms with Gasteiger partial charge in [-0.2, -0.15) is 5.10 Å². The van der Waals surface area contributed by atoms with Crippen molar-refractivity contribution < 1.29 is 14.3 Å². The van der Waals surface area contributed by atoms with E-state index in [0.29, 0.717) is 25.2 Å². The van der Waals surface area contributed by atoms with Gasteiger partial charge in [-0.1, -0.05) is 19.8 Å². The summed E-state index contributed by atoms with van der Waals surface area (Å²) >= 11 is 0. The van der Waals surface area contributed by atoms with Crippen molar-refractivity contribution in [3.63, 3.8) is 0 Å². The molecule has 3 N–H and O–H groups in total. The number of hydrogen-bond donors (Lipinski definition) is 3. The fourth-order valence-electron chi connectivity index (χ4n) is 4.45. The quantitative estimate of drug-likeness (QED) is 0.570.